The first-order valence-electron chi connectivity index (χ1n) is 5.13. The number of carbonyl (C=O) groups is 1. The van der Waals surface area contributed by atoms with Crippen LogP contribution >= 0.6 is 0 Å². The largest absolute Gasteiger partial charge is 0.335 e. The van der Waals surface area contributed by atoms with Crippen molar-refractivity contribution in [2.75, 3.05) is 24.4 Å². The first-order valence-corrected chi connectivity index (χ1v) is 6.52. The van der Waals surface area contributed by atoms with E-state index < -0.39 is 16.2 Å². The summed E-state index contributed by atoms with van der Waals surface area (Å²) >= 11 is 0. The fourth-order valence-electron chi connectivity index (χ4n) is 1.59. The van der Waals surface area contributed by atoms with Crippen molar-refractivity contribution >= 4 is 21.9 Å². The average Bonchev–Trinajstić information content (AvgIpc) is 2.76. The highest BCUT2D eigenvalue weighted by Gasteiger charge is 2.34. The molecule has 1 fully saturated rings. The molecule has 0 unspecified atom stereocenters. The van der Waals surface area contributed by atoms with Crippen molar-refractivity contribution in [3.8, 4) is 0 Å². The number of rotatable bonds is 3. The van der Waals surface area contributed by atoms with Gasteiger partial charge in [0.05, 0.1) is 12.2 Å². The number of nitrogens with zero attached hydrogens (tertiary/aromatic N) is 2. The highest BCUT2D eigenvalue weighted by Crippen LogP contribution is 2.18. The van der Waals surface area contributed by atoms with Crippen molar-refractivity contribution in [3.63, 3.8) is 0 Å². The zero-order chi connectivity index (χ0) is 12.5. The van der Waals surface area contributed by atoms with Crippen LogP contribution in [0.25, 0.3) is 0 Å². The van der Waals surface area contributed by atoms with Crippen LogP contribution in [0.3, 0.4) is 0 Å². The van der Waals surface area contributed by atoms with Gasteiger partial charge >= 0.3 is 16.2 Å². The molecule has 1 aliphatic rings. The van der Waals surface area contributed by atoms with E-state index in [2.05, 4.69) is 5.32 Å². The van der Waals surface area contributed by atoms with Crippen LogP contribution in [0.5, 0.6) is 0 Å². The number of urea groups is 1. The first-order chi connectivity index (χ1) is 8.03. The Hall–Kier alpha value is -1.76. The molecule has 0 saturated carbocycles. The van der Waals surface area contributed by atoms with Gasteiger partial charge < -0.3 is 5.32 Å². The third-order valence-electron chi connectivity index (χ3n) is 2.56. The van der Waals surface area contributed by atoms with Crippen molar-refractivity contribution < 1.29 is 13.2 Å². The van der Waals surface area contributed by atoms with E-state index in [1.807, 2.05) is 0 Å². The fourth-order valence-corrected chi connectivity index (χ4v) is 2.87. The second kappa shape index (κ2) is 4.25. The molecule has 1 saturated heterocycles. The first kappa shape index (κ1) is 11.7. The summed E-state index contributed by atoms with van der Waals surface area (Å²) in [5.74, 6) is 0. The Kier molecular flexibility index (Phi) is 2.93. The maximum absolute atomic E-state index is 12.1. The lowest BCUT2D eigenvalue weighted by Crippen LogP contribution is -2.43. The maximum atomic E-state index is 12.1. The van der Waals surface area contributed by atoms with E-state index in [0.717, 1.165) is 8.61 Å². The second-order valence-electron chi connectivity index (χ2n) is 3.61. The van der Waals surface area contributed by atoms with Gasteiger partial charge in [0.15, 0.2) is 0 Å². The van der Waals surface area contributed by atoms with Crippen LogP contribution in [-0.2, 0) is 10.2 Å². The summed E-state index contributed by atoms with van der Waals surface area (Å²) in [7, 11) is -2.36. The minimum atomic E-state index is -3.79. The van der Waals surface area contributed by atoms with Crippen molar-refractivity contribution in [2.24, 2.45) is 0 Å². The van der Waals surface area contributed by atoms with E-state index in [0.29, 0.717) is 12.2 Å². The second-order valence-corrected chi connectivity index (χ2v) is 5.50. The van der Waals surface area contributed by atoms with Gasteiger partial charge in [-0.2, -0.15) is 8.42 Å². The van der Waals surface area contributed by atoms with Gasteiger partial charge in [-0.05, 0) is 12.1 Å². The minimum absolute atomic E-state index is 0.165. The van der Waals surface area contributed by atoms with Gasteiger partial charge in [-0.15, -0.1) is 0 Å². The van der Waals surface area contributed by atoms with E-state index in [1.165, 1.54) is 7.05 Å². The topological polar surface area (TPSA) is 69.7 Å². The Morgan fingerprint density at radius 3 is 2.47 bits per heavy atom. The van der Waals surface area contributed by atoms with Gasteiger partial charge in [0, 0.05) is 13.6 Å². The molecule has 0 aliphatic carbocycles. The Balaban J connectivity index is 2.30. The number of hydrogen-bond acceptors (Lipinski definition) is 3. The number of nitrogens with one attached hydrogen (secondary N) is 1. The molecule has 92 valence electrons. The van der Waals surface area contributed by atoms with Crippen LogP contribution in [0, 0.1) is 0 Å². The normalized spacial score (nSPS) is 15.8. The third kappa shape index (κ3) is 2.05. The fraction of sp³-hybridized carbons (Fsp3) is 0.300. The van der Waals surface area contributed by atoms with Crippen LogP contribution in [0.1, 0.15) is 0 Å². The summed E-state index contributed by atoms with van der Waals surface area (Å²) < 4.78 is 26.2. The average molecular weight is 255 g/mol. The lowest BCUT2D eigenvalue weighted by Gasteiger charge is -2.24. The summed E-state index contributed by atoms with van der Waals surface area (Å²) in [4.78, 5) is 11.4. The zero-order valence-corrected chi connectivity index (χ0v) is 10.1. The van der Waals surface area contributed by atoms with Crippen molar-refractivity contribution in [2.45, 2.75) is 0 Å². The number of benzene rings is 1. The van der Waals surface area contributed by atoms with E-state index in [9.17, 15) is 13.2 Å². The molecule has 7 heteroatoms. The van der Waals surface area contributed by atoms with Crippen LogP contribution in [0.15, 0.2) is 30.3 Å². The van der Waals surface area contributed by atoms with Gasteiger partial charge in [-0.1, -0.05) is 18.2 Å². The molecule has 1 aliphatic heterocycles. The molecule has 17 heavy (non-hydrogen) atoms. The lowest BCUT2D eigenvalue weighted by atomic mass is 10.3. The van der Waals surface area contributed by atoms with Gasteiger partial charge in [-0.3, -0.25) is 4.31 Å². The summed E-state index contributed by atoms with van der Waals surface area (Å²) in [6, 6.07) is 8.05. The molecule has 1 N–H and O–H groups in total. The van der Waals surface area contributed by atoms with Crippen LogP contribution in [0.4, 0.5) is 10.5 Å². The molecule has 0 radical (unpaired) electrons. The SMILES string of the molecule is CN(c1ccccc1)S(=O)(=O)N1CCNC1=O. The Morgan fingerprint density at radius 1 is 1.29 bits per heavy atom. The lowest BCUT2D eigenvalue weighted by molar-refractivity contribution is 0.235. The summed E-state index contributed by atoms with van der Waals surface area (Å²) in [5, 5.41) is 2.46. The molecular formula is C10H13N3O3S. The maximum Gasteiger partial charge on any atom is 0.332 e. The zero-order valence-electron chi connectivity index (χ0n) is 9.33. The van der Waals surface area contributed by atoms with E-state index in [4.69, 9.17) is 0 Å². The smallest absolute Gasteiger partial charge is 0.332 e. The molecule has 0 bridgehead atoms. The number of para-hydroxylation sites is 1. The molecule has 1 aromatic rings. The van der Waals surface area contributed by atoms with E-state index in [1.54, 1.807) is 30.3 Å². The monoisotopic (exact) mass is 255 g/mol. The quantitative estimate of drug-likeness (QED) is 0.849. The van der Waals surface area contributed by atoms with E-state index >= 15 is 0 Å². The molecule has 6 nitrogen and oxygen atoms in total. The molecule has 0 atom stereocenters. The van der Waals surface area contributed by atoms with Crippen molar-refractivity contribution in [3.05, 3.63) is 30.3 Å². The molecule has 2 amide bonds. The predicted molar refractivity (Wildman–Crippen MR) is 63.9 cm³/mol. The van der Waals surface area contributed by atoms with Crippen LogP contribution < -0.4 is 9.62 Å². The molecule has 0 aromatic heterocycles. The van der Waals surface area contributed by atoms with Crippen molar-refractivity contribution in [1.82, 2.24) is 9.62 Å². The molecule has 0 spiro atoms. The number of carbonyl (C=O) groups excluding carboxylic acids is 1. The third-order valence-corrected chi connectivity index (χ3v) is 4.37. The molecular weight excluding hydrogens is 242 g/mol. The highest BCUT2D eigenvalue weighted by atomic mass is 32.2. The standard InChI is InChI=1S/C10H13N3O3S/c1-12(9-5-3-2-4-6-9)17(15,16)13-8-7-11-10(13)14/h2-6H,7-8H2,1H3,(H,11,14). The molecule has 1 aromatic carbocycles. The van der Waals surface area contributed by atoms with Gasteiger partial charge in [-0.25, -0.2) is 9.10 Å². The summed E-state index contributed by atoms with van der Waals surface area (Å²) in [6.07, 6.45) is 0. The predicted octanol–water partition coefficient (Wildman–Crippen LogP) is 0.393. The molecule has 2 rings (SSSR count). The number of hydrogen-bond donors (Lipinski definition) is 1. The summed E-state index contributed by atoms with van der Waals surface area (Å²) in [5.41, 5.74) is 0.521. The van der Waals surface area contributed by atoms with Gasteiger partial charge in [0.1, 0.15) is 0 Å². The molecule has 1 heterocycles. The van der Waals surface area contributed by atoms with Crippen LogP contribution in [-0.4, -0.2) is 38.9 Å². The van der Waals surface area contributed by atoms with E-state index in [-0.39, 0.29) is 6.54 Å². The highest BCUT2D eigenvalue weighted by molar-refractivity contribution is 7.91. The van der Waals surface area contributed by atoms with Crippen molar-refractivity contribution in [1.29, 1.82) is 0 Å². The Morgan fingerprint density at radius 2 is 1.94 bits per heavy atom. The van der Waals surface area contributed by atoms with Gasteiger partial charge in [0.25, 0.3) is 0 Å². The summed E-state index contributed by atoms with van der Waals surface area (Å²) in [6.45, 7) is 0.513. The van der Waals surface area contributed by atoms with Crippen LogP contribution in [0.2, 0.25) is 0 Å². The Labute approximate surface area is 100 Å². The number of amides is 2. The Bertz CT molecular complexity index is 515. The minimum Gasteiger partial charge on any atom is -0.335 e. The number of anilines is 1. The van der Waals surface area contributed by atoms with Gasteiger partial charge in [0.2, 0.25) is 0 Å².